The van der Waals surface area contributed by atoms with E-state index in [2.05, 4.69) is 10.4 Å². The van der Waals surface area contributed by atoms with Crippen molar-refractivity contribution in [3.8, 4) is 0 Å². The number of hydrogen-bond donors (Lipinski definition) is 1. The second-order valence-corrected chi connectivity index (χ2v) is 6.65. The minimum absolute atomic E-state index is 0.180. The number of nitrogens with zero attached hydrogens (tertiary/aromatic N) is 3. The summed E-state index contributed by atoms with van der Waals surface area (Å²) in [4.78, 5) is 14.4. The van der Waals surface area contributed by atoms with Crippen molar-refractivity contribution in [1.29, 1.82) is 0 Å². The van der Waals surface area contributed by atoms with E-state index in [1.165, 1.54) is 0 Å². The maximum absolute atomic E-state index is 12.6. The topological polar surface area (TPSA) is 59.4 Å². The molecule has 6 nitrogen and oxygen atoms in total. The van der Waals surface area contributed by atoms with Gasteiger partial charge in [-0.1, -0.05) is 23.7 Å². The maximum Gasteiger partial charge on any atom is 0.322 e. The number of benzene rings is 1. The first kappa shape index (κ1) is 16.8. The normalized spacial score (nSPS) is 20.9. The Bertz CT molecular complexity index is 761. The summed E-state index contributed by atoms with van der Waals surface area (Å²) in [5, 5.41) is 7.65. The predicted octanol–water partition coefficient (Wildman–Crippen LogP) is 3.16. The third-order valence-electron chi connectivity index (χ3n) is 4.31. The number of halogens is 1. The first-order valence-electron chi connectivity index (χ1n) is 7.83. The largest absolute Gasteiger partial charge is 0.367 e. The van der Waals surface area contributed by atoms with Crippen LogP contribution in [0.3, 0.4) is 0 Å². The van der Waals surface area contributed by atoms with Gasteiger partial charge in [0.05, 0.1) is 30.1 Å². The van der Waals surface area contributed by atoms with Crippen molar-refractivity contribution in [2.75, 3.05) is 25.0 Å². The Labute approximate surface area is 146 Å². The van der Waals surface area contributed by atoms with E-state index in [-0.39, 0.29) is 6.03 Å². The molecular formula is C17H21ClN4O2. The number of anilines is 1. The monoisotopic (exact) mass is 348 g/mol. The quantitative estimate of drug-likeness (QED) is 0.906. The first-order valence-corrected chi connectivity index (χ1v) is 8.21. The van der Waals surface area contributed by atoms with Crippen molar-refractivity contribution in [3.63, 3.8) is 0 Å². The predicted molar refractivity (Wildman–Crippen MR) is 93.3 cm³/mol. The van der Waals surface area contributed by atoms with Gasteiger partial charge in [0.2, 0.25) is 0 Å². The fourth-order valence-corrected chi connectivity index (χ4v) is 3.02. The molecule has 2 amide bonds. The van der Waals surface area contributed by atoms with Gasteiger partial charge in [-0.25, -0.2) is 4.79 Å². The molecule has 1 aromatic carbocycles. The molecule has 0 radical (unpaired) electrons. The molecule has 7 heteroatoms. The van der Waals surface area contributed by atoms with E-state index in [4.69, 9.17) is 16.3 Å². The maximum atomic E-state index is 12.6. The molecule has 0 saturated carbocycles. The van der Waals surface area contributed by atoms with Crippen LogP contribution in [0, 0.1) is 6.92 Å². The van der Waals surface area contributed by atoms with E-state index >= 15 is 0 Å². The first-order chi connectivity index (χ1) is 11.4. The standard InChI is InChI=1S/C17H21ClN4O2/c1-12-5-4-6-14(15(12)18)20-16(23)22-7-8-24-17(2,11-22)13-9-19-21(3)10-13/h4-6,9-10H,7-8,11H2,1-3H3,(H,20,23). The Morgan fingerprint density at radius 2 is 2.25 bits per heavy atom. The van der Waals surface area contributed by atoms with Crippen molar-refractivity contribution >= 4 is 23.3 Å². The summed E-state index contributed by atoms with van der Waals surface area (Å²) >= 11 is 6.26. The summed E-state index contributed by atoms with van der Waals surface area (Å²) in [6.07, 6.45) is 3.69. The minimum Gasteiger partial charge on any atom is -0.367 e. The van der Waals surface area contributed by atoms with Gasteiger partial charge in [0, 0.05) is 25.4 Å². The number of morpholine rings is 1. The lowest BCUT2D eigenvalue weighted by molar-refractivity contribution is -0.0895. The Kier molecular flexibility index (Phi) is 4.51. The van der Waals surface area contributed by atoms with E-state index in [1.54, 1.807) is 21.8 Å². The summed E-state index contributed by atoms with van der Waals surface area (Å²) in [6, 6.07) is 5.40. The summed E-state index contributed by atoms with van der Waals surface area (Å²) in [6.45, 7) is 5.34. The van der Waals surface area contributed by atoms with Crippen LogP contribution in [0.4, 0.5) is 10.5 Å². The number of hydrogen-bond acceptors (Lipinski definition) is 3. The van der Waals surface area contributed by atoms with Crippen LogP contribution in [-0.4, -0.2) is 40.4 Å². The van der Waals surface area contributed by atoms with Crippen molar-refractivity contribution in [3.05, 3.63) is 46.7 Å². The molecule has 2 aromatic rings. The molecule has 1 aliphatic rings. The molecule has 24 heavy (non-hydrogen) atoms. The van der Waals surface area contributed by atoms with Gasteiger partial charge < -0.3 is 15.0 Å². The van der Waals surface area contributed by atoms with Crippen molar-refractivity contribution in [2.45, 2.75) is 19.4 Å². The van der Waals surface area contributed by atoms with Gasteiger partial charge in [-0.2, -0.15) is 5.10 Å². The molecule has 1 fully saturated rings. The summed E-state index contributed by atoms with van der Waals surface area (Å²) in [7, 11) is 1.86. The molecule has 1 unspecified atom stereocenters. The van der Waals surface area contributed by atoms with Crippen LogP contribution in [-0.2, 0) is 17.4 Å². The molecule has 0 aliphatic carbocycles. The number of carbonyl (C=O) groups excluding carboxylic acids is 1. The molecule has 0 spiro atoms. The number of urea groups is 1. The molecule has 1 aliphatic heterocycles. The van der Waals surface area contributed by atoms with Gasteiger partial charge in [-0.05, 0) is 25.5 Å². The molecule has 1 atom stereocenters. The molecule has 1 N–H and O–H groups in total. The lowest BCUT2D eigenvalue weighted by atomic mass is 9.97. The van der Waals surface area contributed by atoms with E-state index in [0.717, 1.165) is 11.1 Å². The fraction of sp³-hybridized carbons (Fsp3) is 0.412. The van der Waals surface area contributed by atoms with Gasteiger partial charge in [0.25, 0.3) is 0 Å². The molecular weight excluding hydrogens is 328 g/mol. The zero-order valence-electron chi connectivity index (χ0n) is 14.0. The van der Waals surface area contributed by atoms with Gasteiger partial charge in [0.15, 0.2) is 0 Å². The molecule has 3 rings (SSSR count). The summed E-state index contributed by atoms with van der Waals surface area (Å²) < 4.78 is 7.67. The van der Waals surface area contributed by atoms with E-state index in [0.29, 0.717) is 30.4 Å². The van der Waals surface area contributed by atoms with Crippen molar-refractivity contribution < 1.29 is 9.53 Å². The van der Waals surface area contributed by atoms with Crippen LogP contribution < -0.4 is 5.32 Å². The minimum atomic E-state index is -0.569. The molecule has 0 bridgehead atoms. The number of rotatable bonds is 2. The van der Waals surface area contributed by atoms with E-state index in [1.807, 2.05) is 39.2 Å². The van der Waals surface area contributed by atoms with Gasteiger partial charge in [-0.15, -0.1) is 0 Å². The van der Waals surface area contributed by atoms with Gasteiger partial charge in [0.1, 0.15) is 5.60 Å². The molecule has 128 valence electrons. The second-order valence-electron chi connectivity index (χ2n) is 6.27. The van der Waals surface area contributed by atoms with Gasteiger partial charge in [-0.3, -0.25) is 4.68 Å². The Morgan fingerprint density at radius 3 is 2.96 bits per heavy atom. The van der Waals surface area contributed by atoms with Crippen LogP contribution in [0.2, 0.25) is 5.02 Å². The Balaban J connectivity index is 1.74. The third kappa shape index (κ3) is 3.25. The fourth-order valence-electron chi connectivity index (χ4n) is 2.85. The Morgan fingerprint density at radius 1 is 1.46 bits per heavy atom. The molecule has 1 saturated heterocycles. The summed E-state index contributed by atoms with van der Waals surface area (Å²) in [5.41, 5.74) is 1.93. The number of carbonyl (C=O) groups is 1. The average molecular weight is 349 g/mol. The Hall–Kier alpha value is -2.05. The SMILES string of the molecule is Cc1cccc(NC(=O)N2CCOC(C)(c3cnn(C)c3)C2)c1Cl. The number of aromatic nitrogens is 2. The zero-order chi connectivity index (χ0) is 17.3. The lowest BCUT2D eigenvalue weighted by Gasteiger charge is -2.40. The third-order valence-corrected chi connectivity index (χ3v) is 4.81. The van der Waals surface area contributed by atoms with Crippen LogP contribution in [0.5, 0.6) is 0 Å². The summed E-state index contributed by atoms with van der Waals surface area (Å²) in [5.74, 6) is 0. The van der Waals surface area contributed by atoms with Crippen LogP contribution in [0.15, 0.2) is 30.6 Å². The highest BCUT2D eigenvalue weighted by Crippen LogP contribution is 2.30. The smallest absolute Gasteiger partial charge is 0.322 e. The van der Waals surface area contributed by atoms with Crippen LogP contribution >= 0.6 is 11.6 Å². The second kappa shape index (κ2) is 6.45. The van der Waals surface area contributed by atoms with E-state index in [9.17, 15) is 4.79 Å². The molecule has 1 aromatic heterocycles. The number of aryl methyl sites for hydroxylation is 2. The number of amides is 2. The van der Waals surface area contributed by atoms with Crippen LogP contribution in [0.1, 0.15) is 18.1 Å². The molecule has 2 heterocycles. The highest BCUT2D eigenvalue weighted by atomic mass is 35.5. The number of nitrogens with one attached hydrogen (secondary N) is 1. The number of ether oxygens (including phenoxy) is 1. The van der Waals surface area contributed by atoms with Crippen molar-refractivity contribution in [1.82, 2.24) is 14.7 Å². The zero-order valence-corrected chi connectivity index (χ0v) is 14.8. The lowest BCUT2D eigenvalue weighted by Crippen LogP contribution is -2.51. The average Bonchev–Trinajstić information content (AvgIpc) is 2.99. The van der Waals surface area contributed by atoms with Gasteiger partial charge >= 0.3 is 6.03 Å². The van der Waals surface area contributed by atoms with E-state index < -0.39 is 5.60 Å². The highest BCUT2D eigenvalue weighted by Gasteiger charge is 2.36. The van der Waals surface area contributed by atoms with Crippen LogP contribution in [0.25, 0.3) is 0 Å². The van der Waals surface area contributed by atoms with Crippen molar-refractivity contribution in [2.24, 2.45) is 7.05 Å². The highest BCUT2D eigenvalue weighted by molar-refractivity contribution is 6.34.